The van der Waals surface area contributed by atoms with Crippen LogP contribution >= 0.6 is 0 Å². The minimum atomic E-state index is 0.649. The molecule has 1 aromatic carbocycles. The molecule has 0 saturated carbocycles. The molecule has 0 bridgehead atoms. The summed E-state index contributed by atoms with van der Waals surface area (Å²) in [7, 11) is 0. The third kappa shape index (κ3) is 5.21. The molecule has 1 saturated heterocycles. The van der Waals surface area contributed by atoms with E-state index in [0.717, 1.165) is 37.5 Å². The van der Waals surface area contributed by atoms with E-state index in [1.165, 1.54) is 31.5 Å². The van der Waals surface area contributed by atoms with Crippen LogP contribution in [0.1, 0.15) is 31.7 Å². The molecule has 118 valence electrons. The van der Waals surface area contributed by atoms with Gasteiger partial charge in [-0.2, -0.15) is 0 Å². The largest absolute Gasteiger partial charge is 0.490 e. The van der Waals surface area contributed by atoms with Crippen molar-refractivity contribution in [3.05, 3.63) is 23.8 Å². The monoisotopic (exact) mass is 292 g/mol. The molecule has 4 heteroatoms. The minimum Gasteiger partial charge on any atom is -0.490 e. The third-order valence-corrected chi connectivity index (χ3v) is 3.82. The zero-order valence-electron chi connectivity index (χ0n) is 13.1. The lowest BCUT2D eigenvalue weighted by Gasteiger charge is -2.16. The van der Waals surface area contributed by atoms with Crippen LogP contribution in [0.4, 0.5) is 0 Å². The summed E-state index contributed by atoms with van der Waals surface area (Å²) in [6.45, 7) is 7.67. The van der Waals surface area contributed by atoms with Crippen LogP contribution in [-0.2, 0) is 6.42 Å². The second-order valence-corrected chi connectivity index (χ2v) is 5.50. The van der Waals surface area contributed by atoms with Crippen LogP contribution in [0.15, 0.2) is 18.2 Å². The third-order valence-electron chi connectivity index (χ3n) is 3.82. The highest BCUT2D eigenvalue weighted by Gasteiger charge is 2.11. The Bertz CT molecular complexity index is 417. The van der Waals surface area contributed by atoms with Crippen molar-refractivity contribution in [2.24, 2.45) is 5.73 Å². The maximum atomic E-state index is 5.90. The van der Waals surface area contributed by atoms with Crippen LogP contribution in [0.3, 0.4) is 0 Å². The highest BCUT2D eigenvalue weighted by Crippen LogP contribution is 2.28. The van der Waals surface area contributed by atoms with Crippen molar-refractivity contribution in [1.29, 1.82) is 0 Å². The molecular weight excluding hydrogens is 264 g/mol. The molecule has 2 rings (SSSR count). The second kappa shape index (κ2) is 8.90. The Morgan fingerprint density at radius 2 is 1.95 bits per heavy atom. The van der Waals surface area contributed by atoms with Gasteiger partial charge in [-0.05, 0) is 69.9 Å². The lowest BCUT2D eigenvalue weighted by Crippen LogP contribution is -2.22. The highest BCUT2D eigenvalue weighted by molar-refractivity contribution is 5.43. The minimum absolute atomic E-state index is 0.649. The molecule has 1 aliphatic rings. The maximum absolute atomic E-state index is 5.90. The number of benzene rings is 1. The van der Waals surface area contributed by atoms with Crippen LogP contribution in [0.25, 0.3) is 0 Å². The summed E-state index contributed by atoms with van der Waals surface area (Å²) in [4.78, 5) is 2.51. The Kier molecular flexibility index (Phi) is 6.83. The summed E-state index contributed by atoms with van der Waals surface area (Å²) in [5, 5.41) is 0. The average Bonchev–Trinajstić information content (AvgIpc) is 2.99. The molecule has 0 radical (unpaired) electrons. The zero-order valence-corrected chi connectivity index (χ0v) is 13.1. The molecule has 0 atom stereocenters. The maximum Gasteiger partial charge on any atom is 0.161 e. The standard InChI is InChI=1S/C17H28N2O2/c1-2-20-17-14-15(8-9-18)6-7-16(17)21-13-5-12-19-10-3-4-11-19/h6-7,14H,2-5,8-13,18H2,1H3. The molecule has 0 aliphatic carbocycles. The highest BCUT2D eigenvalue weighted by atomic mass is 16.5. The Balaban J connectivity index is 1.82. The van der Waals surface area contributed by atoms with Crippen LogP contribution < -0.4 is 15.2 Å². The predicted molar refractivity (Wildman–Crippen MR) is 86.2 cm³/mol. The summed E-state index contributed by atoms with van der Waals surface area (Å²) in [5.74, 6) is 1.68. The predicted octanol–water partition coefficient (Wildman–Crippen LogP) is 2.45. The average molecular weight is 292 g/mol. The Morgan fingerprint density at radius 3 is 2.67 bits per heavy atom. The summed E-state index contributed by atoms with van der Waals surface area (Å²) in [6.07, 6.45) is 4.63. The van der Waals surface area contributed by atoms with Gasteiger partial charge >= 0.3 is 0 Å². The molecule has 0 unspecified atom stereocenters. The zero-order chi connectivity index (χ0) is 14.9. The van der Waals surface area contributed by atoms with Gasteiger partial charge in [0.2, 0.25) is 0 Å². The number of hydrogen-bond acceptors (Lipinski definition) is 4. The van der Waals surface area contributed by atoms with Crippen molar-refractivity contribution in [2.75, 3.05) is 39.4 Å². The number of nitrogens with zero attached hydrogens (tertiary/aromatic N) is 1. The molecule has 1 fully saturated rings. The quantitative estimate of drug-likeness (QED) is 0.710. The molecule has 1 aromatic rings. The first-order chi connectivity index (χ1) is 10.3. The summed E-state index contributed by atoms with van der Waals surface area (Å²) < 4.78 is 11.6. The van der Waals surface area contributed by atoms with Crippen molar-refractivity contribution in [3.63, 3.8) is 0 Å². The summed E-state index contributed by atoms with van der Waals surface area (Å²) >= 11 is 0. The van der Waals surface area contributed by atoms with Gasteiger partial charge in [0.05, 0.1) is 13.2 Å². The van der Waals surface area contributed by atoms with E-state index in [1.807, 2.05) is 19.1 Å². The molecule has 4 nitrogen and oxygen atoms in total. The van der Waals surface area contributed by atoms with Crippen LogP contribution in [0.5, 0.6) is 11.5 Å². The smallest absolute Gasteiger partial charge is 0.161 e. The number of hydrogen-bond donors (Lipinski definition) is 1. The first kappa shape index (κ1) is 16.1. The molecule has 2 N–H and O–H groups in total. The molecule has 0 aromatic heterocycles. The number of likely N-dealkylation sites (tertiary alicyclic amines) is 1. The van der Waals surface area contributed by atoms with Gasteiger partial charge in [-0.15, -0.1) is 0 Å². The van der Waals surface area contributed by atoms with E-state index in [-0.39, 0.29) is 0 Å². The van der Waals surface area contributed by atoms with Gasteiger partial charge in [-0.1, -0.05) is 6.07 Å². The first-order valence-electron chi connectivity index (χ1n) is 8.14. The SMILES string of the molecule is CCOc1cc(CCN)ccc1OCCCN1CCCC1. The van der Waals surface area contributed by atoms with Gasteiger partial charge in [-0.3, -0.25) is 0 Å². The van der Waals surface area contributed by atoms with Gasteiger partial charge in [0.15, 0.2) is 11.5 Å². The summed E-state index contributed by atoms with van der Waals surface area (Å²) in [6, 6.07) is 6.13. The van der Waals surface area contributed by atoms with Gasteiger partial charge in [0, 0.05) is 6.54 Å². The van der Waals surface area contributed by atoms with E-state index in [0.29, 0.717) is 13.2 Å². The Morgan fingerprint density at radius 1 is 1.14 bits per heavy atom. The molecule has 1 heterocycles. The Hall–Kier alpha value is -1.26. The fraction of sp³-hybridized carbons (Fsp3) is 0.647. The fourth-order valence-corrected chi connectivity index (χ4v) is 2.74. The van der Waals surface area contributed by atoms with E-state index in [9.17, 15) is 0 Å². The van der Waals surface area contributed by atoms with Gasteiger partial charge in [-0.25, -0.2) is 0 Å². The lowest BCUT2D eigenvalue weighted by atomic mass is 10.1. The van der Waals surface area contributed by atoms with Crippen LogP contribution in [0.2, 0.25) is 0 Å². The van der Waals surface area contributed by atoms with Gasteiger partial charge < -0.3 is 20.1 Å². The number of rotatable bonds is 9. The number of nitrogens with two attached hydrogens (primary N) is 1. The van der Waals surface area contributed by atoms with Crippen LogP contribution in [0, 0.1) is 0 Å². The van der Waals surface area contributed by atoms with Crippen molar-refractivity contribution >= 4 is 0 Å². The van der Waals surface area contributed by atoms with E-state index < -0.39 is 0 Å². The molecular formula is C17H28N2O2. The first-order valence-corrected chi connectivity index (χ1v) is 8.14. The number of ether oxygens (including phenoxy) is 2. The van der Waals surface area contributed by atoms with E-state index in [4.69, 9.17) is 15.2 Å². The molecule has 0 amide bonds. The van der Waals surface area contributed by atoms with Crippen LogP contribution in [-0.4, -0.2) is 44.3 Å². The lowest BCUT2D eigenvalue weighted by molar-refractivity contribution is 0.247. The van der Waals surface area contributed by atoms with E-state index in [2.05, 4.69) is 11.0 Å². The van der Waals surface area contributed by atoms with Gasteiger partial charge in [0.1, 0.15) is 0 Å². The Labute approximate surface area is 128 Å². The second-order valence-electron chi connectivity index (χ2n) is 5.50. The van der Waals surface area contributed by atoms with Crippen molar-refractivity contribution in [3.8, 4) is 11.5 Å². The molecule has 1 aliphatic heterocycles. The molecule has 0 spiro atoms. The fourth-order valence-electron chi connectivity index (χ4n) is 2.74. The summed E-state index contributed by atoms with van der Waals surface area (Å²) in [5.41, 5.74) is 6.80. The van der Waals surface area contributed by atoms with Crippen molar-refractivity contribution < 1.29 is 9.47 Å². The topological polar surface area (TPSA) is 47.7 Å². The van der Waals surface area contributed by atoms with E-state index >= 15 is 0 Å². The van der Waals surface area contributed by atoms with Crippen molar-refractivity contribution in [2.45, 2.75) is 32.6 Å². The normalized spacial score (nSPS) is 15.3. The van der Waals surface area contributed by atoms with Crippen molar-refractivity contribution in [1.82, 2.24) is 4.90 Å². The van der Waals surface area contributed by atoms with E-state index in [1.54, 1.807) is 0 Å². The van der Waals surface area contributed by atoms with Gasteiger partial charge in [0.25, 0.3) is 0 Å². The molecule has 21 heavy (non-hydrogen) atoms.